The summed E-state index contributed by atoms with van der Waals surface area (Å²) in [6.45, 7) is 8.27. The van der Waals surface area contributed by atoms with Crippen LogP contribution in [0.5, 0.6) is 11.5 Å². The van der Waals surface area contributed by atoms with Gasteiger partial charge < -0.3 is 10.5 Å². The monoisotopic (exact) mass is 269 g/mol. The molecule has 0 amide bonds. The third-order valence-electron chi connectivity index (χ3n) is 3.29. The van der Waals surface area contributed by atoms with Crippen LogP contribution in [0, 0.1) is 20.8 Å². The van der Waals surface area contributed by atoms with Gasteiger partial charge in [-0.1, -0.05) is 24.3 Å². The van der Waals surface area contributed by atoms with Crippen molar-refractivity contribution in [3.63, 3.8) is 0 Å². The van der Waals surface area contributed by atoms with E-state index in [2.05, 4.69) is 45.0 Å². The van der Waals surface area contributed by atoms with Crippen molar-refractivity contribution in [2.75, 3.05) is 0 Å². The number of hydrogen-bond acceptors (Lipinski definition) is 2. The molecule has 1 atom stereocenters. The van der Waals surface area contributed by atoms with Crippen molar-refractivity contribution in [3.8, 4) is 11.5 Å². The first-order valence-electron chi connectivity index (χ1n) is 7.06. The fourth-order valence-electron chi connectivity index (χ4n) is 2.49. The molecule has 0 saturated carbocycles. The van der Waals surface area contributed by atoms with E-state index in [1.807, 2.05) is 19.1 Å². The van der Waals surface area contributed by atoms with Gasteiger partial charge in [0.15, 0.2) is 0 Å². The fraction of sp³-hybridized carbons (Fsp3) is 0.333. The van der Waals surface area contributed by atoms with Gasteiger partial charge in [0.1, 0.15) is 11.5 Å². The number of rotatable bonds is 4. The maximum absolute atomic E-state index is 6.05. The average Bonchev–Trinajstić information content (AvgIpc) is 2.33. The van der Waals surface area contributed by atoms with Gasteiger partial charge in [-0.15, -0.1) is 0 Å². The number of ether oxygens (including phenoxy) is 1. The lowest BCUT2D eigenvalue weighted by Gasteiger charge is -2.15. The quantitative estimate of drug-likeness (QED) is 0.898. The van der Waals surface area contributed by atoms with Crippen molar-refractivity contribution < 1.29 is 4.74 Å². The van der Waals surface area contributed by atoms with Gasteiger partial charge in [0.2, 0.25) is 0 Å². The molecule has 2 aromatic rings. The lowest BCUT2D eigenvalue weighted by molar-refractivity contribution is 0.474. The largest absolute Gasteiger partial charge is 0.457 e. The van der Waals surface area contributed by atoms with Crippen molar-refractivity contribution in [1.29, 1.82) is 0 Å². The molecule has 20 heavy (non-hydrogen) atoms. The van der Waals surface area contributed by atoms with E-state index in [9.17, 15) is 0 Å². The Kier molecular flexibility index (Phi) is 4.46. The van der Waals surface area contributed by atoms with Crippen molar-refractivity contribution in [1.82, 2.24) is 0 Å². The molecule has 2 N–H and O–H groups in total. The second-order valence-corrected chi connectivity index (χ2v) is 5.66. The van der Waals surface area contributed by atoms with Crippen LogP contribution in [0.2, 0.25) is 0 Å². The van der Waals surface area contributed by atoms with Gasteiger partial charge in [-0.25, -0.2) is 0 Å². The van der Waals surface area contributed by atoms with E-state index in [0.717, 1.165) is 29.0 Å². The highest BCUT2D eigenvalue weighted by atomic mass is 16.5. The maximum atomic E-state index is 6.05. The number of aryl methyl sites for hydroxylation is 3. The van der Waals surface area contributed by atoms with Crippen LogP contribution in [0.4, 0.5) is 0 Å². The molecule has 106 valence electrons. The van der Waals surface area contributed by atoms with Crippen molar-refractivity contribution in [2.24, 2.45) is 5.73 Å². The Bertz CT molecular complexity index is 579. The lowest BCUT2D eigenvalue weighted by Crippen LogP contribution is -2.17. The Hall–Kier alpha value is -1.80. The van der Waals surface area contributed by atoms with Crippen molar-refractivity contribution in [3.05, 3.63) is 58.7 Å². The Morgan fingerprint density at radius 2 is 1.70 bits per heavy atom. The molecule has 0 aliphatic carbocycles. The van der Waals surface area contributed by atoms with Gasteiger partial charge in [0, 0.05) is 6.04 Å². The summed E-state index contributed by atoms with van der Waals surface area (Å²) in [4.78, 5) is 0. The molecule has 2 heteroatoms. The lowest BCUT2D eigenvalue weighted by atomic mass is 10.0. The summed E-state index contributed by atoms with van der Waals surface area (Å²) in [5.74, 6) is 1.83. The summed E-state index contributed by atoms with van der Waals surface area (Å²) in [7, 11) is 0. The normalized spacial score (nSPS) is 12.2. The third-order valence-corrected chi connectivity index (χ3v) is 3.29. The Balaban J connectivity index is 2.28. The molecule has 2 aromatic carbocycles. The molecule has 0 heterocycles. The van der Waals surface area contributed by atoms with Crippen molar-refractivity contribution in [2.45, 2.75) is 40.2 Å². The van der Waals surface area contributed by atoms with Crippen LogP contribution in [0.3, 0.4) is 0 Å². The standard InChI is InChI=1S/C18H23NO/c1-12-6-5-7-17(8-12)20-18-13(2)9-16(10-14(18)3)11-15(4)19/h5-10,15H,11,19H2,1-4H3/t15-/m0/s1. The van der Waals surface area contributed by atoms with Crippen LogP contribution < -0.4 is 10.5 Å². The van der Waals surface area contributed by atoms with Crippen LogP contribution in [0.1, 0.15) is 29.2 Å². The SMILES string of the molecule is Cc1cccc(Oc2c(C)cc(C[C@H](C)N)cc2C)c1. The molecule has 0 saturated heterocycles. The smallest absolute Gasteiger partial charge is 0.133 e. The van der Waals surface area contributed by atoms with Crippen LogP contribution in [0.15, 0.2) is 36.4 Å². The molecule has 0 bridgehead atoms. The minimum atomic E-state index is 0.178. The molecular weight excluding hydrogens is 246 g/mol. The minimum Gasteiger partial charge on any atom is -0.457 e. The molecule has 2 rings (SSSR count). The van der Waals surface area contributed by atoms with E-state index >= 15 is 0 Å². The Morgan fingerprint density at radius 1 is 1.05 bits per heavy atom. The van der Waals surface area contributed by atoms with Crippen LogP contribution >= 0.6 is 0 Å². The summed E-state index contributed by atoms with van der Waals surface area (Å²) < 4.78 is 6.05. The molecule has 0 fully saturated rings. The molecule has 0 aliphatic heterocycles. The van der Waals surface area contributed by atoms with Crippen molar-refractivity contribution >= 4 is 0 Å². The van der Waals surface area contributed by atoms with E-state index in [-0.39, 0.29) is 6.04 Å². The van der Waals surface area contributed by atoms with Gasteiger partial charge in [0.25, 0.3) is 0 Å². The van der Waals surface area contributed by atoms with E-state index in [1.54, 1.807) is 0 Å². The van der Waals surface area contributed by atoms with Gasteiger partial charge in [0.05, 0.1) is 0 Å². The topological polar surface area (TPSA) is 35.2 Å². The predicted molar refractivity (Wildman–Crippen MR) is 84.5 cm³/mol. The molecule has 2 nitrogen and oxygen atoms in total. The number of hydrogen-bond donors (Lipinski definition) is 1. The van der Waals surface area contributed by atoms with Gasteiger partial charge in [-0.3, -0.25) is 0 Å². The maximum Gasteiger partial charge on any atom is 0.133 e. The highest BCUT2D eigenvalue weighted by molar-refractivity contribution is 5.46. The van der Waals surface area contributed by atoms with Crippen LogP contribution in [-0.2, 0) is 6.42 Å². The van der Waals surface area contributed by atoms with E-state index < -0.39 is 0 Å². The highest BCUT2D eigenvalue weighted by Gasteiger charge is 2.09. The predicted octanol–water partition coefficient (Wildman–Crippen LogP) is 4.29. The zero-order valence-electron chi connectivity index (χ0n) is 12.7. The average molecular weight is 269 g/mol. The highest BCUT2D eigenvalue weighted by Crippen LogP contribution is 2.30. The second-order valence-electron chi connectivity index (χ2n) is 5.66. The zero-order valence-corrected chi connectivity index (χ0v) is 12.7. The first kappa shape index (κ1) is 14.6. The summed E-state index contributed by atoms with van der Waals surface area (Å²) in [5.41, 5.74) is 10.7. The molecule has 0 unspecified atom stereocenters. The van der Waals surface area contributed by atoms with Gasteiger partial charge in [-0.2, -0.15) is 0 Å². The number of nitrogens with two attached hydrogens (primary N) is 1. The molecule has 0 aliphatic rings. The molecule has 0 aromatic heterocycles. The van der Waals surface area contributed by atoms with Crippen LogP contribution in [-0.4, -0.2) is 6.04 Å². The molecule has 0 spiro atoms. The summed E-state index contributed by atoms with van der Waals surface area (Å²) >= 11 is 0. The third kappa shape index (κ3) is 3.61. The number of benzene rings is 2. The minimum absolute atomic E-state index is 0.178. The van der Waals surface area contributed by atoms with Gasteiger partial charge >= 0.3 is 0 Å². The Morgan fingerprint density at radius 3 is 2.25 bits per heavy atom. The summed E-state index contributed by atoms with van der Waals surface area (Å²) in [5, 5.41) is 0. The fourth-order valence-corrected chi connectivity index (χ4v) is 2.49. The van der Waals surface area contributed by atoms with E-state index in [0.29, 0.717) is 0 Å². The summed E-state index contributed by atoms with van der Waals surface area (Å²) in [6, 6.07) is 12.6. The van der Waals surface area contributed by atoms with Gasteiger partial charge in [-0.05, 0) is 68.5 Å². The Labute approximate surface area is 121 Å². The summed E-state index contributed by atoms with van der Waals surface area (Å²) in [6.07, 6.45) is 0.895. The second kappa shape index (κ2) is 6.10. The molecular formula is C18H23NO. The molecule has 0 radical (unpaired) electrons. The zero-order chi connectivity index (χ0) is 14.7. The van der Waals surface area contributed by atoms with E-state index in [1.165, 1.54) is 11.1 Å². The van der Waals surface area contributed by atoms with E-state index in [4.69, 9.17) is 10.5 Å². The first-order chi connectivity index (χ1) is 9.45. The van der Waals surface area contributed by atoms with Crippen LogP contribution in [0.25, 0.3) is 0 Å². The first-order valence-corrected chi connectivity index (χ1v) is 7.06.